The Morgan fingerprint density at radius 3 is 1.67 bits per heavy atom. The molecule has 0 unspecified atom stereocenters. The molecule has 43 heavy (non-hydrogen) atoms. The number of benzene rings is 8. The molecule has 0 atom stereocenters. The predicted octanol–water partition coefficient (Wildman–Crippen LogP) is 12.5. The highest BCUT2D eigenvalue weighted by Crippen LogP contribution is 2.45. The zero-order valence-electron chi connectivity index (χ0n) is 35.4. The molecule has 0 spiro atoms. The Bertz CT molecular complexity index is 3130. The van der Waals surface area contributed by atoms with Gasteiger partial charge in [0.05, 0.1) is 17.8 Å². The van der Waals surface area contributed by atoms with Crippen LogP contribution in [0.5, 0.6) is 0 Å². The molecule has 9 rings (SSSR count). The summed E-state index contributed by atoms with van der Waals surface area (Å²) in [5, 5.41) is 3.30. The fraction of sp³-hybridized carbons (Fsp3) is 0. The quantitative estimate of drug-likeness (QED) is 0.184. The van der Waals surface area contributed by atoms with Gasteiger partial charge in [-0.25, -0.2) is 0 Å². The van der Waals surface area contributed by atoms with Gasteiger partial charge < -0.3 is 0 Å². The molecule has 0 nitrogen and oxygen atoms in total. The molecule has 0 saturated heterocycles. The van der Waals surface area contributed by atoms with E-state index in [1.807, 2.05) is 36.4 Å². The monoisotopic (exact) mass is 575 g/mol. The van der Waals surface area contributed by atoms with Crippen molar-refractivity contribution in [2.24, 2.45) is 0 Å². The van der Waals surface area contributed by atoms with Gasteiger partial charge in [0.1, 0.15) is 0 Å². The topological polar surface area (TPSA) is 0 Å². The second-order valence-corrected chi connectivity index (χ2v) is 11.4. The molecule has 0 fully saturated rings. The van der Waals surface area contributed by atoms with E-state index in [9.17, 15) is 2.74 Å². The van der Waals surface area contributed by atoms with E-state index in [-0.39, 0.29) is 32.7 Å². The van der Waals surface area contributed by atoms with Crippen molar-refractivity contribution >= 4 is 63.8 Å². The lowest BCUT2D eigenvalue weighted by Gasteiger charge is -2.18. The van der Waals surface area contributed by atoms with Crippen molar-refractivity contribution in [2.45, 2.75) is 0 Å². The van der Waals surface area contributed by atoms with Gasteiger partial charge in [-0.15, -0.1) is 11.3 Å². The van der Waals surface area contributed by atoms with Crippen LogP contribution in [0.1, 0.15) is 17.8 Å². The van der Waals surface area contributed by atoms with Gasteiger partial charge in [0, 0.05) is 20.2 Å². The molecule has 0 radical (unpaired) electrons. The van der Waals surface area contributed by atoms with Crippen molar-refractivity contribution < 1.29 is 17.8 Å². The highest BCUT2D eigenvalue weighted by Gasteiger charge is 2.17. The Morgan fingerprint density at radius 1 is 0.419 bits per heavy atom. The standard InChI is InChI=1S/C42H26S/c1-2-11-27(12-3-1)40-34-14-4-6-16-36(34)41(37-17-7-5-15-35(37)40)31-24-22-28-25-30(23-21-29(28)26-31)32-18-10-19-38-33-13-8-9-20-39(33)43-42(32)38/h1-26H/i1D,2D,3D,4D,5D,6D,7D,11D,12D,14D,15D,16D,17D. The van der Waals surface area contributed by atoms with E-state index in [2.05, 4.69) is 30.3 Å². The fourth-order valence-electron chi connectivity index (χ4n) is 6.08. The van der Waals surface area contributed by atoms with Crippen LogP contribution in [0.4, 0.5) is 0 Å². The SMILES string of the molecule is [2H]c1c([2H])c([2H])c(-c2c3c([2H])c([2H])c([2H])c([2H])c3c(-c3ccc4cc(-c5cccc6c5sc5ccccc56)ccc4c3)c3c([2H])c([2H])c([2H])c([2H])c23)c([2H])c1[2H]. The number of hydrogen-bond acceptors (Lipinski definition) is 1. The Kier molecular flexibility index (Phi) is 3.32. The molecule has 1 heterocycles. The van der Waals surface area contributed by atoms with Gasteiger partial charge in [0.25, 0.3) is 0 Å². The van der Waals surface area contributed by atoms with Crippen molar-refractivity contribution in [1.29, 1.82) is 0 Å². The molecule has 0 aliphatic rings. The summed E-state index contributed by atoms with van der Waals surface area (Å²) in [7, 11) is 0. The van der Waals surface area contributed by atoms with E-state index >= 15 is 0 Å². The minimum atomic E-state index is -0.703. The molecule has 0 amide bonds. The number of hydrogen-bond donors (Lipinski definition) is 0. The van der Waals surface area contributed by atoms with Crippen LogP contribution in [-0.2, 0) is 0 Å². The van der Waals surface area contributed by atoms with Gasteiger partial charge in [-0.2, -0.15) is 0 Å². The molecule has 0 saturated carbocycles. The normalized spacial score (nSPS) is 16.0. The lowest BCUT2D eigenvalue weighted by atomic mass is 9.85. The van der Waals surface area contributed by atoms with E-state index < -0.39 is 84.1 Å². The predicted molar refractivity (Wildman–Crippen MR) is 188 cm³/mol. The first-order chi connectivity index (χ1) is 26.7. The number of fused-ring (bicyclic) bond motifs is 6. The van der Waals surface area contributed by atoms with E-state index in [0.29, 0.717) is 5.56 Å². The third-order valence-electron chi connectivity index (χ3n) is 7.97. The smallest absolute Gasteiger partial charge is 0.0629 e. The van der Waals surface area contributed by atoms with Crippen LogP contribution in [0.2, 0.25) is 0 Å². The van der Waals surface area contributed by atoms with Gasteiger partial charge in [-0.3, -0.25) is 0 Å². The molecule has 9 aromatic rings. The lowest BCUT2D eigenvalue weighted by molar-refractivity contribution is 1.66. The number of rotatable bonds is 3. The minimum Gasteiger partial charge on any atom is -0.135 e. The maximum absolute atomic E-state index is 9.21. The Labute approximate surface area is 272 Å². The highest BCUT2D eigenvalue weighted by atomic mass is 32.1. The second-order valence-electron chi connectivity index (χ2n) is 10.3. The molecule has 200 valence electrons. The van der Waals surface area contributed by atoms with Crippen LogP contribution >= 0.6 is 11.3 Å². The Hall–Kier alpha value is -5.24. The van der Waals surface area contributed by atoms with Gasteiger partial charge in [0.15, 0.2) is 0 Å². The molecule has 0 aliphatic carbocycles. The van der Waals surface area contributed by atoms with E-state index in [0.717, 1.165) is 26.6 Å². The average molecular weight is 576 g/mol. The summed E-state index contributed by atoms with van der Waals surface area (Å²) in [6, 6.07) is 17.8. The molecule has 1 heteroatoms. The van der Waals surface area contributed by atoms with Crippen LogP contribution < -0.4 is 0 Å². The third-order valence-corrected chi connectivity index (χ3v) is 9.19. The maximum Gasteiger partial charge on any atom is 0.0629 e. The van der Waals surface area contributed by atoms with Crippen molar-refractivity contribution in [3.05, 3.63) is 157 Å². The summed E-state index contributed by atoms with van der Waals surface area (Å²) in [5.74, 6) is 0. The van der Waals surface area contributed by atoms with Crippen LogP contribution in [0.15, 0.2) is 157 Å². The minimum absolute atomic E-state index is 0.103. The molecule has 0 bridgehead atoms. The summed E-state index contributed by atoms with van der Waals surface area (Å²) in [6.45, 7) is 0. The van der Waals surface area contributed by atoms with E-state index in [4.69, 9.17) is 15.1 Å². The summed E-state index contributed by atoms with van der Waals surface area (Å²) in [4.78, 5) is 0. The zero-order valence-corrected chi connectivity index (χ0v) is 23.2. The van der Waals surface area contributed by atoms with Crippen LogP contribution in [-0.4, -0.2) is 0 Å². The van der Waals surface area contributed by atoms with Crippen LogP contribution in [0, 0.1) is 0 Å². The largest absolute Gasteiger partial charge is 0.135 e. The van der Waals surface area contributed by atoms with Crippen LogP contribution in [0.25, 0.3) is 85.9 Å². The summed E-state index contributed by atoms with van der Waals surface area (Å²) < 4.78 is 117. The van der Waals surface area contributed by atoms with E-state index in [1.165, 1.54) is 15.5 Å². The Morgan fingerprint density at radius 2 is 0.977 bits per heavy atom. The molecule has 0 N–H and O–H groups in total. The molecule has 1 aromatic heterocycles. The van der Waals surface area contributed by atoms with Crippen molar-refractivity contribution in [2.75, 3.05) is 0 Å². The summed E-state index contributed by atoms with van der Waals surface area (Å²) in [6.07, 6.45) is 0. The van der Waals surface area contributed by atoms with Gasteiger partial charge in [-0.05, 0) is 83.9 Å². The van der Waals surface area contributed by atoms with Crippen molar-refractivity contribution in [1.82, 2.24) is 0 Å². The summed E-state index contributed by atoms with van der Waals surface area (Å²) >= 11 is 1.73. The van der Waals surface area contributed by atoms with Gasteiger partial charge >= 0.3 is 0 Å². The highest BCUT2D eigenvalue weighted by molar-refractivity contribution is 7.26. The fourth-order valence-corrected chi connectivity index (χ4v) is 7.32. The second kappa shape index (κ2) is 9.66. The zero-order chi connectivity index (χ0) is 39.6. The van der Waals surface area contributed by atoms with Crippen molar-refractivity contribution in [3.63, 3.8) is 0 Å². The van der Waals surface area contributed by atoms with Crippen molar-refractivity contribution in [3.8, 4) is 33.4 Å². The molecule has 8 aromatic carbocycles. The first-order valence-corrected chi connectivity index (χ1v) is 14.5. The molecular formula is C42H26S. The van der Waals surface area contributed by atoms with Gasteiger partial charge in [0.2, 0.25) is 0 Å². The summed E-state index contributed by atoms with van der Waals surface area (Å²) in [5.41, 5.74) is 1.83. The first kappa shape index (κ1) is 14.8. The third kappa shape index (κ3) is 3.82. The molecule has 0 aliphatic heterocycles. The number of thiophene rings is 1. The van der Waals surface area contributed by atoms with Crippen LogP contribution in [0.3, 0.4) is 0 Å². The van der Waals surface area contributed by atoms with E-state index in [1.54, 1.807) is 23.5 Å². The lowest BCUT2D eigenvalue weighted by Crippen LogP contribution is -1.90. The molecular weight excluding hydrogens is 537 g/mol. The van der Waals surface area contributed by atoms with Gasteiger partial charge in [-0.1, -0.05) is 139 Å². The maximum atomic E-state index is 9.21. The first-order valence-electron chi connectivity index (χ1n) is 20.2. The average Bonchev–Trinajstić information content (AvgIpc) is 3.60. The Balaban J connectivity index is 1.40.